The second kappa shape index (κ2) is 9.78. The van der Waals surface area contributed by atoms with Crippen LogP contribution in [0.4, 0.5) is 27.8 Å². The number of anilines is 4. The number of benzene rings is 2. The third-order valence-corrected chi connectivity index (χ3v) is 3.96. The Labute approximate surface area is 186 Å². The number of ether oxygens (including phenoxy) is 2. The van der Waals surface area contributed by atoms with E-state index in [9.17, 15) is 9.59 Å². The topological polar surface area (TPSA) is 114 Å². The summed E-state index contributed by atoms with van der Waals surface area (Å²) < 4.78 is 10.6. The van der Waals surface area contributed by atoms with Crippen LogP contribution in [0.1, 0.15) is 31.4 Å². The van der Waals surface area contributed by atoms with Gasteiger partial charge < -0.3 is 20.1 Å². The lowest BCUT2D eigenvalue weighted by Gasteiger charge is -2.19. The molecule has 0 saturated heterocycles. The van der Waals surface area contributed by atoms with Crippen LogP contribution in [0.15, 0.2) is 60.7 Å². The Morgan fingerprint density at radius 1 is 0.875 bits per heavy atom. The molecule has 3 rings (SSSR count). The smallest absolute Gasteiger partial charge is 0.413 e. The van der Waals surface area contributed by atoms with Gasteiger partial charge in [-0.1, -0.05) is 30.3 Å². The molecule has 9 heteroatoms. The van der Waals surface area contributed by atoms with Gasteiger partial charge in [-0.2, -0.15) is 0 Å². The molecule has 9 nitrogen and oxygen atoms in total. The zero-order valence-electron chi connectivity index (χ0n) is 18.3. The Kier molecular flexibility index (Phi) is 6.89. The molecule has 2 aromatic carbocycles. The summed E-state index contributed by atoms with van der Waals surface area (Å²) in [7, 11) is 1.55. The van der Waals surface area contributed by atoms with Gasteiger partial charge >= 0.3 is 6.09 Å². The van der Waals surface area contributed by atoms with E-state index < -0.39 is 17.6 Å². The highest BCUT2D eigenvalue weighted by molar-refractivity contribution is 6.02. The minimum absolute atomic E-state index is 0.102. The lowest BCUT2D eigenvalue weighted by molar-refractivity contribution is 0.0635. The highest BCUT2D eigenvalue weighted by Crippen LogP contribution is 2.27. The van der Waals surface area contributed by atoms with Gasteiger partial charge in [-0.25, -0.2) is 14.8 Å². The van der Waals surface area contributed by atoms with Crippen LogP contribution in [0.25, 0.3) is 0 Å². The zero-order valence-corrected chi connectivity index (χ0v) is 18.3. The molecule has 0 saturated carbocycles. The molecule has 2 amide bonds. The first-order valence-corrected chi connectivity index (χ1v) is 9.89. The molecule has 3 N–H and O–H groups in total. The highest BCUT2D eigenvalue weighted by atomic mass is 16.6. The lowest BCUT2D eigenvalue weighted by atomic mass is 10.2. The van der Waals surface area contributed by atoms with Crippen LogP contribution >= 0.6 is 0 Å². The van der Waals surface area contributed by atoms with E-state index in [1.165, 1.54) is 6.07 Å². The molecular weight excluding hydrogens is 410 g/mol. The summed E-state index contributed by atoms with van der Waals surface area (Å²) in [6, 6.07) is 17.7. The number of rotatable bonds is 6. The van der Waals surface area contributed by atoms with E-state index in [4.69, 9.17) is 9.47 Å². The standard InChI is InChI=1S/C23H25N5O4/c1-23(2,3)32-22(30)28-19-14-18(25-16-12-8-9-13-17(16)31-4)26-20(27-19)21(29)24-15-10-6-5-7-11-15/h5-14H,1-4H3,(H,24,29)(H2,25,26,27,28,30). The van der Waals surface area contributed by atoms with Crippen LogP contribution in [0, 0.1) is 0 Å². The van der Waals surface area contributed by atoms with Crippen molar-refractivity contribution in [2.75, 3.05) is 23.1 Å². The molecule has 0 fully saturated rings. The van der Waals surface area contributed by atoms with E-state index in [0.717, 1.165) is 0 Å². The van der Waals surface area contributed by atoms with Crippen molar-refractivity contribution in [2.24, 2.45) is 0 Å². The molecule has 0 aliphatic heterocycles. The lowest BCUT2D eigenvalue weighted by Crippen LogP contribution is -2.28. The molecule has 166 valence electrons. The molecule has 32 heavy (non-hydrogen) atoms. The maximum absolute atomic E-state index is 12.8. The second-order valence-corrected chi connectivity index (χ2v) is 7.73. The maximum Gasteiger partial charge on any atom is 0.413 e. The fraction of sp³-hybridized carbons (Fsp3) is 0.217. The van der Waals surface area contributed by atoms with E-state index >= 15 is 0 Å². The minimum atomic E-state index is -0.700. The molecule has 0 aliphatic rings. The van der Waals surface area contributed by atoms with Crippen molar-refractivity contribution in [1.82, 2.24) is 9.97 Å². The summed E-state index contributed by atoms with van der Waals surface area (Å²) in [5, 5.41) is 8.38. The van der Waals surface area contributed by atoms with Gasteiger partial charge in [0, 0.05) is 11.8 Å². The summed E-state index contributed by atoms with van der Waals surface area (Å²) in [5.41, 5.74) is 0.528. The number of nitrogens with zero attached hydrogens (tertiary/aromatic N) is 2. The molecule has 1 aromatic heterocycles. The van der Waals surface area contributed by atoms with E-state index in [0.29, 0.717) is 17.1 Å². The first-order valence-electron chi connectivity index (χ1n) is 9.89. The van der Waals surface area contributed by atoms with Gasteiger partial charge in [0.25, 0.3) is 5.91 Å². The fourth-order valence-electron chi connectivity index (χ4n) is 2.68. The minimum Gasteiger partial charge on any atom is -0.495 e. The Morgan fingerprint density at radius 3 is 2.22 bits per heavy atom. The number of carbonyl (C=O) groups excluding carboxylic acids is 2. The van der Waals surface area contributed by atoms with E-state index in [-0.39, 0.29) is 17.5 Å². The van der Waals surface area contributed by atoms with Crippen molar-refractivity contribution in [1.29, 1.82) is 0 Å². The van der Waals surface area contributed by atoms with Crippen molar-refractivity contribution in [3.63, 3.8) is 0 Å². The van der Waals surface area contributed by atoms with Crippen LogP contribution < -0.4 is 20.7 Å². The molecular formula is C23H25N5O4. The van der Waals surface area contributed by atoms with E-state index in [1.54, 1.807) is 64.3 Å². The number of hydrogen-bond donors (Lipinski definition) is 3. The van der Waals surface area contributed by atoms with Crippen LogP contribution in [-0.4, -0.2) is 34.7 Å². The highest BCUT2D eigenvalue weighted by Gasteiger charge is 2.19. The van der Waals surface area contributed by atoms with Crippen molar-refractivity contribution < 1.29 is 19.1 Å². The molecule has 0 aliphatic carbocycles. The maximum atomic E-state index is 12.8. The molecule has 0 unspecified atom stereocenters. The van der Waals surface area contributed by atoms with Crippen molar-refractivity contribution in [2.45, 2.75) is 26.4 Å². The van der Waals surface area contributed by atoms with Crippen LogP contribution in [-0.2, 0) is 4.74 Å². The number of hydrogen-bond acceptors (Lipinski definition) is 7. The molecule has 0 spiro atoms. The van der Waals surface area contributed by atoms with Gasteiger partial charge in [-0.05, 0) is 45.0 Å². The number of amides is 2. The average Bonchev–Trinajstić information content (AvgIpc) is 2.73. The van der Waals surface area contributed by atoms with Gasteiger partial charge in [0.15, 0.2) is 0 Å². The zero-order chi connectivity index (χ0) is 23.1. The van der Waals surface area contributed by atoms with Crippen LogP contribution in [0.3, 0.4) is 0 Å². The Balaban J connectivity index is 1.91. The summed E-state index contributed by atoms with van der Waals surface area (Å²) in [4.78, 5) is 33.5. The summed E-state index contributed by atoms with van der Waals surface area (Å²) in [5.74, 6) is 0.300. The number of para-hydroxylation sites is 3. The first kappa shape index (κ1) is 22.5. The summed E-state index contributed by atoms with van der Waals surface area (Å²) >= 11 is 0. The molecule has 0 atom stereocenters. The summed E-state index contributed by atoms with van der Waals surface area (Å²) in [6.45, 7) is 5.25. The number of nitrogens with one attached hydrogen (secondary N) is 3. The SMILES string of the molecule is COc1ccccc1Nc1cc(NC(=O)OC(C)(C)C)nc(C(=O)Nc2ccccc2)n1. The Hall–Kier alpha value is -4.14. The number of methoxy groups -OCH3 is 1. The first-order chi connectivity index (χ1) is 15.2. The Bertz CT molecular complexity index is 1100. The number of aromatic nitrogens is 2. The molecule has 3 aromatic rings. The normalized spacial score (nSPS) is 10.8. The van der Waals surface area contributed by atoms with Gasteiger partial charge in [0.1, 0.15) is 23.0 Å². The molecule has 0 radical (unpaired) electrons. The average molecular weight is 435 g/mol. The Morgan fingerprint density at radius 2 is 1.53 bits per heavy atom. The third kappa shape index (κ3) is 6.43. The third-order valence-electron chi connectivity index (χ3n) is 3.96. The predicted octanol–water partition coefficient (Wildman–Crippen LogP) is 4.83. The second-order valence-electron chi connectivity index (χ2n) is 7.73. The van der Waals surface area contributed by atoms with Gasteiger partial charge in [0.2, 0.25) is 5.82 Å². The van der Waals surface area contributed by atoms with Gasteiger partial charge in [0.05, 0.1) is 12.8 Å². The van der Waals surface area contributed by atoms with E-state index in [1.807, 2.05) is 18.2 Å². The van der Waals surface area contributed by atoms with Gasteiger partial charge in [-0.3, -0.25) is 10.1 Å². The van der Waals surface area contributed by atoms with E-state index in [2.05, 4.69) is 25.9 Å². The molecule has 0 bridgehead atoms. The van der Waals surface area contributed by atoms with Crippen molar-refractivity contribution >= 4 is 35.0 Å². The van der Waals surface area contributed by atoms with Crippen molar-refractivity contribution in [3.05, 3.63) is 66.5 Å². The van der Waals surface area contributed by atoms with Crippen LogP contribution in [0.2, 0.25) is 0 Å². The van der Waals surface area contributed by atoms with Gasteiger partial charge in [-0.15, -0.1) is 0 Å². The monoisotopic (exact) mass is 435 g/mol. The molecule has 1 heterocycles. The predicted molar refractivity (Wildman–Crippen MR) is 123 cm³/mol. The van der Waals surface area contributed by atoms with Crippen molar-refractivity contribution in [3.8, 4) is 5.75 Å². The van der Waals surface area contributed by atoms with Crippen LogP contribution in [0.5, 0.6) is 5.75 Å². The fourth-order valence-corrected chi connectivity index (χ4v) is 2.68. The summed E-state index contributed by atoms with van der Waals surface area (Å²) in [6.07, 6.45) is -0.700. The largest absolute Gasteiger partial charge is 0.495 e. The number of carbonyl (C=O) groups is 2. The quantitative estimate of drug-likeness (QED) is 0.508.